The molecule has 0 aliphatic rings. The van der Waals surface area contributed by atoms with E-state index in [1.807, 2.05) is 77.5 Å². The van der Waals surface area contributed by atoms with Crippen molar-refractivity contribution >= 4 is 17.5 Å². The summed E-state index contributed by atoms with van der Waals surface area (Å²) in [5.74, 6) is -1.03. The third kappa shape index (κ3) is 4.33. The van der Waals surface area contributed by atoms with Crippen molar-refractivity contribution in [3.8, 4) is 11.8 Å². The summed E-state index contributed by atoms with van der Waals surface area (Å²) in [6.07, 6.45) is 2.23. The molecule has 130 valence electrons. The Morgan fingerprint density at radius 1 is 1.12 bits per heavy atom. The fourth-order valence-corrected chi connectivity index (χ4v) is 2.96. The molecule has 1 heterocycles. The van der Waals surface area contributed by atoms with Crippen LogP contribution in [-0.4, -0.2) is 10.5 Å². The van der Waals surface area contributed by atoms with E-state index < -0.39 is 5.92 Å². The van der Waals surface area contributed by atoms with Crippen LogP contribution in [0.3, 0.4) is 0 Å². The van der Waals surface area contributed by atoms with Gasteiger partial charge in [-0.05, 0) is 35.9 Å². The molecule has 4 nitrogen and oxygen atoms in total. The highest BCUT2D eigenvalue weighted by Crippen LogP contribution is 2.19. The monoisotopic (exact) mass is 363 g/mol. The molecular formula is C21H18ClN3O. The molecule has 0 spiro atoms. The summed E-state index contributed by atoms with van der Waals surface area (Å²) in [6, 6.07) is 23.0. The zero-order valence-electron chi connectivity index (χ0n) is 14.1. The molecule has 0 saturated carbocycles. The average Bonchev–Trinajstić information content (AvgIpc) is 3.13. The molecule has 0 aliphatic carbocycles. The first-order valence-electron chi connectivity index (χ1n) is 8.31. The lowest BCUT2D eigenvalue weighted by Crippen LogP contribution is -2.31. The van der Waals surface area contributed by atoms with E-state index in [-0.39, 0.29) is 5.91 Å². The lowest BCUT2D eigenvalue weighted by Gasteiger charge is -2.13. The minimum Gasteiger partial charge on any atom is -0.351 e. The number of rotatable bonds is 6. The topological polar surface area (TPSA) is 57.8 Å². The highest BCUT2D eigenvalue weighted by atomic mass is 35.5. The minimum atomic E-state index is -0.758. The number of amides is 1. The van der Waals surface area contributed by atoms with Crippen molar-refractivity contribution in [1.82, 2.24) is 9.88 Å². The van der Waals surface area contributed by atoms with Gasteiger partial charge in [0.1, 0.15) is 5.92 Å². The Morgan fingerprint density at radius 2 is 1.92 bits per heavy atom. The molecular weight excluding hydrogens is 346 g/mol. The number of aromatic nitrogens is 1. The first kappa shape index (κ1) is 17.8. The van der Waals surface area contributed by atoms with Gasteiger partial charge in [-0.15, -0.1) is 0 Å². The van der Waals surface area contributed by atoms with Crippen LogP contribution in [-0.2, 0) is 17.8 Å². The molecule has 0 saturated heterocycles. The van der Waals surface area contributed by atoms with Crippen molar-refractivity contribution in [2.75, 3.05) is 0 Å². The number of nitrogens with zero attached hydrogens (tertiary/aromatic N) is 2. The maximum Gasteiger partial charge on any atom is 0.238 e. The molecule has 0 fully saturated rings. The fraction of sp³-hybridized carbons (Fsp3) is 0.143. The number of carbonyl (C=O) groups excluding carboxylic acids is 1. The van der Waals surface area contributed by atoms with Crippen molar-refractivity contribution in [1.29, 1.82) is 5.26 Å². The number of hydrogen-bond acceptors (Lipinski definition) is 2. The van der Waals surface area contributed by atoms with E-state index in [2.05, 4.69) is 11.4 Å². The maximum absolute atomic E-state index is 12.4. The van der Waals surface area contributed by atoms with Gasteiger partial charge in [-0.1, -0.05) is 48.0 Å². The molecule has 1 aromatic heterocycles. The van der Waals surface area contributed by atoms with Crippen LogP contribution in [0.25, 0.3) is 5.69 Å². The average molecular weight is 364 g/mol. The summed E-state index contributed by atoms with van der Waals surface area (Å²) in [7, 11) is 0. The molecule has 0 unspecified atom stereocenters. The summed E-state index contributed by atoms with van der Waals surface area (Å²) in [5, 5.41) is 12.9. The molecule has 0 bridgehead atoms. The normalized spacial score (nSPS) is 11.5. The van der Waals surface area contributed by atoms with E-state index >= 15 is 0 Å². The van der Waals surface area contributed by atoms with Crippen molar-refractivity contribution in [2.45, 2.75) is 13.0 Å². The van der Waals surface area contributed by atoms with Crippen LogP contribution in [0.15, 0.2) is 72.9 Å². The summed E-state index contributed by atoms with van der Waals surface area (Å²) < 4.78 is 1.95. The number of hydrogen-bond donors (Lipinski definition) is 1. The number of halogens is 1. The molecule has 5 heteroatoms. The highest BCUT2D eigenvalue weighted by Gasteiger charge is 2.20. The standard InChI is InChI=1S/C21H18ClN3O/c22-18-8-4-9-20(13-18)25-11-5-10-19(25)12-17(14-23)21(26)24-15-16-6-2-1-3-7-16/h1-11,13,17H,12,15H2,(H,24,26)/t17-/m0/s1. The van der Waals surface area contributed by atoms with Crippen LogP contribution < -0.4 is 5.32 Å². The molecule has 0 radical (unpaired) electrons. The molecule has 26 heavy (non-hydrogen) atoms. The molecule has 3 rings (SSSR count). The van der Waals surface area contributed by atoms with Gasteiger partial charge >= 0.3 is 0 Å². The van der Waals surface area contributed by atoms with Crippen LogP contribution in [0.2, 0.25) is 5.02 Å². The Balaban J connectivity index is 1.70. The number of carbonyl (C=O) groups is 1. The molecule has 1 N–H and O–H groups in total. The van der Waals surface area contributed by atoms with Gasteiger partial charge in [0.25, 0.3) is 0 Å². The van der Waals surface area contributed by atoms with Crippen molar-refractivity contribution < 1.29 is 4.79 Å². The van der Waals surface area contributed by atoms with Crippen LogP contribution in [0.4, 0.5) is 0 Å². The second kappa shape index (κ2) is 8.37. The van der Waals surface area contributed by atoms with E-state index in [0.29, 0.717) is 18.0 Å². The summed E-state index contributed by atoms with van der Waals surface area (Å²) in [4.78, 5) is 12.4. The van der Waals surface area contributed by atoms with Gasteiger partial charge in [-0.3, -0.25) is 4.79 Å². The molecule has 3 aromatic rings. The van der Waals surface area contributed by atoms with Gasteiger partial charge in [0.05, 0.1) is 6.07 Å². The second-order valence-electron chi connectivity index (χ2n) is 5.94. The highest BCUT2D eigenvalue weighted by molar-refractivity contribution is 6.30. The largest absolute Gasteiger partial charge is 0.351 e. The van der Waals surface area contributed by atoms with Crippen molar-refractivity contribution in [3.63, 3.8) is 0 Å². The first-order chi connectivity index (χ1) is 12.7. The third-order valence-electron chi connectivity index (χ3n) is 4.11. The molecule has 0 aliphatic heterocycles. The van der Waals surface area contributed by atoms with Gasteiger partial charge in [-0.25, -0.2) is 0 Å². The van der Waals surface area contributed by atoms with Crippen LogP contribution in [0.5, 0.6) is 0 Å². The van der Waals surface area contributed by atoms with Gasteiger partial charge < -0.3 is 9.88 Å². The van der Waals surface area contributed by atoms with Crippen LogP contribution in [0.1, 0.15) is 11.3 Å². The zero-order chi connectivity index (χ0) is 18.4. The summed E-state index contributed by atoms with van der Waals surface area (Å²) in [6.45, 7) is 0.410. The van der Waals surface area contributed by atoms with Gasteiger partial charge in [0.15, 0.2) is 0 Å². The number of nitriles is 1. The van der Waals surface area contributed by atoms with Crippen LogP contribution >= 0.6 is 11.6 Å². The Kier molecular flexibility index (Phi) is 5.73. The van der Waals surface area contributed by atoms with Gasteiger partial charge in [-0.2, -0.15) is 5.26 Å². The second-order valence-corrected chi connectivity index (χ2v) is 6.38. The predicted molar refractivity (Wildman–Crippen MR) is 102 cm³/mol. The SMILES string of the molecule is N#C[C@H](Cc1cccn1-c1cccc(Cl)c1)C(=O)NCc1ccccc1. The molecule has 1 amide bonds. The summed E-state index contributed by atoms with van der Waals surface area (Å²) in [5.41, 5.74) is 2.78. The van der Waals surface area contributed by atoms with Gasteiger partial charge in [0, 0.05) is 35.6 Å². The van der Waals surface area contributed by atoms with E-state index in [9.17, 15) is 10.1 Å². The van der Waals surface area contributed by atoms with Crippen molar-refractivity contribution in [3.05, 3.63) is 89.2 Å². The minimum absolute atomic E-state index is 0.268. The number of nitrogens with one attached hydrogen (secondary N) is 1. The van der Waals surface area contributed by atoms with E-state index in [1.54, 1.807) is 0 Å². The quantitative estimate of drug-likeness (QED) is 0.715. The van der Waals surface area contributed by atoms with Crippen molar-refractivity contribution in [2.24, 2.45) is 5.92 Å². The summed E-state index contributed by atoms with van der Waals surface area (Å²) >= 11 is 6.07. The Bertz CT molecular complexity index is 928. The zero-order valence-corrected chi connectivity index (χ0v) is 14.9. The molecule has 2 aromatic carbocycles. The maximum atomic E-state index is 12.4. The fourth-order valence-electron chi connectivity index (χ4n) is 2.77. The number of benzene rings is 2. The van der Waals surface area contributed by atoms with Crippen LogP contribution in [0, 0.1) is 17.2 Å². The van der Waals surface area contributed by atoms with Gasteiger partial charge in [0.2, 0.25) is 5.91 Å². The van der Waals surface area contributed by atoms with E-state index in [0.717, 1.165) is 16.9 Å². The lowest BCUT2D eigenvalue weighted by atomic mass is 10.0. The van der Waals surface area contributed by atoms with E-state index in [4.69, 9.17) is 11.6 Å². The lowest BCUT2D eigenvalue weighted by molar-refractivity contribution is -0.123. The Hall–Kier alpha value is -3.03. The van der Waals surface area contributed by atoms with E-state index in [1.165, 1.54) is 0 Å². The predicted octanol–water partition coefficient (Wildman–Crippen LogP) is 4.13. The smallest absolute Gasteiger partial charge is 0.238 e. The molecule has 1 atom stereocenters. The Morgan fingerprint density at radius 3 is 2.65 bits per heavy atom. The first-order valence-corrected chi connectivity index (χ1v) is 8.68. The third-order valence-corrected chi connectivity index (χ3v) is 4.35. The Labute approximate surface area is 157 Å².